The highest BCUT2D eigenvalue weighted by atomic mass is 15.0. The van der Waals surface area contributed by atoms with Crippen molar-refractivity contribution < 1.29 is 0 Å². The predicted octanol–water partition coefficient (Wildman–Crippen LogP) is 13.3. The summed E-state index contributed by atoms with van der Waals surface area (Å²) in [5, 5.41) is 21.5. The molecular formula is C54H35N5. The standard InChI is InChI=1S/C54H35N5/c1-3-36-30-48(47-20-10-19-46-42-14-4-7-17-45(42)50(36)51(46)47)43-15-5-6-16-44(43)49-33(2)11-8-18-41(49)39-12-9-13-40(29-39)54-58-52(37-25-21-34(31-55)22-26-37)57-53(59-54)38-27-23-35(32-56)24-28-38/h4-30H,3H2,1-2H3. The van der Waals surface area contributed by atoms with E-state index in [9.17, 15) is 10.5 Å². The van der Waals surface area contributed by atoms with Gasteiger partial charge in [0, 0.05) is 16.7 Å². The molecule has 0 N–H and O–H groups in total. The van der Waals surface area contributed by atoms with Gasteiger partial charge in [-0.15, -0.1) is 0 Å². The van der Waals surface area contributed by atoms with E-state index in [-0.39, 0.29) is 0 Å². The van der Waals surface area contributed by atoms with Crippen molar-refractivity contribution in [2.45, 2.75) is 20.3 Å². The second-order valence-corrected chi connectivity index (χ2v) is 14.9. The van der Waals surface area contributed by atoms with Crippen LogP contribution < -0.4 is 0 Å². The fourth-order valence-corrected chi connectivity index (χ4v) is 8.68. The van der Waals surface area contributed by atoms with Gasteiger partial charge in [0.1, 0.15) is 0 Å². The van der Waals surface area contributed by atoms with Gasteiger partial charge in [-0.05, 0) is 152 Å². The molecule has 0 aliphatic heterocycles. The summed E-state index contributed by atoms with van der Waals surface area (Å²) < 4.78 is 0. The summed E-state index contributed by atoms with van der Waals surface area (Å²) in [5.41, 5.74) is 18.3. The highest BCUT2D eigenvalue weighted by Crippen LogP contribution is 2.52. The Labute approximate surface area is 343 Å². The lowest BCUT2D eigenvalue weighted by molar-refractivity contribution is 1.07. The lowest BCUT2D eigenvalue weighted by Gasteiger charge is -2.20. The number of aryl methyl sites for hydroxylation is 2. The van der Waals surface area contributed by atoms with Gasteiger partial charge in [0.15, 0.2) is 17.5 Å². The van der Waals surface area contributed by atoms with Crippen molar-refractivity contribution in [3.05, 3.63) is 186 Å². The Morgan fingerprint density at radius 1 is 0.424 bits per heavy atom. The molecule has 1 aliphatic carbocycles. The molecule has 0 bridgehead atoms. The highest BCUT2D eigenvalue weighted by Gasteiger charge is 2.26. The van der Waals surface area contributed by atoms with Crippen LogP contribution in [-0.2, 0) is 6.42 Å². The number of nitriles is 2. The van der Waals surface area contributed by atoms with E-state index in [1.807, 2.05) is 30.3 Å². The SMILES string of the molecule is CCc1cc(-c2ccccc2-c2c(C)cccc2-c2cccc(-c3nc(-c4ccc(C#N)cc4)nc(-c4ccc(C#N)cc4)n3)c2)c2cccc3c2c1-c1ccccc1-3. The summed E-state index contributed by atoms with van der Waals surface area (Å²) in [6.45, 7) is 4.46. The van der Waals surface area contributed by atoms with Gasteiger partial charge < -0.3 is 0 Å². The first-order valence-electron chi connectivity index (χ1n) is 19.8. The number of hydrogen-bond acceptors (Lipinski definition) is 5. The molecule has 0 spiro atoms. The van der Waals surface area contributed by atoms with Crippen LogP contribution in [0.5, 0.6) is 0 Å². The summed E-state index contributed by atoms with van der Waals surface area (Å²) in [6, 6.07) is 60.6. The van der Waals surface area contributed by atoms with Gasteiger partial charge in [0.25, 0.3) is 0 Å². The predicted molar refractivity (Wildman–Crippen MR) is 238 cm³/mol. The Morgan fingerprint density at radius 2 is 0.915 bits per heavy atom. The number of fused-ring (bicyclic) bond motifs is 3. The zero-order valence-electron chi connectivity index (χ0n) is 32.5. The maximum atomic E-state index is 9.43. The van der Waals surface area contributed by atoms with Gasteiger partial charge in [-0.1, -0.05) is 110 Å². The van der Waals surface area contributed by atoms with Crippen LogP contribution >= 0.6 is 0 Å². The second kappa shape index (κ2) is 14.5. The number of hydrogen-bond donors (Lipinski definition) is 0. The highest BCUT2D eigenvalue weighted by molar-refractivity contribution is 6.20. The molecule has 5 heteroatoms. The van der Waals surface area contributed by atoms with Crippen molar-refractivity contribution >= 4 is 10.8 Å². The summed E-state index contributed by atoms with van der Waals surface area (Å²) in [6.07, 6.45) is 0.933. The monoisotopic (exact) mass is 753 g/mol. The van der Waals surface area contributed by atoms with E-state index >= 15 is 0 Å². The second-order valence-electron chi connectivity index (χ2n) is 14.9. The van der Waals surface area contributed by atoms with Gasteiger partial charge in [-0.25, -0.2) is 15.0 Å². The largest absolute Gasteiger partial charge is 0.208 e. The van der Waals surface area contributed by atoms with E-state index in [2.05, 4.69) is 135 Å². The van der Waals surface area contributed by atoms with Crippen molar-refractivity contribution in [2.75, 3.05) is 0 Å². The summed E-state index contributed by atoms with van der Waals surface area (Å²) in [4.78, 5) is 14.9. The first kappa shape index (κ1) is 35.4. The van der Waals surface area contributed by atoms with Crippen molar-refractivity contribution in [3.63, 3.8) is 0 Å². The third-order valence-electron chi connectivity index (χ3n) is 11.5. The van der Waals surface area contributed by atoms with Gasteiger partial charge in [0.2, 0.25) is 0 Å². The molecule has 0 saturated carbocycles. The van der Waals surface area contributed by atoms with Gasteiger partial charge >= 0.3 is 0 Å². The zero-order valence-corrected chi connectivity index (χ0v) is 32.5. The molecule has 0 radical (unpaired) electrons. The number of nitrogens with zero attached hydrogens (tertiary/aromatic N) is 5. The molecule has 1 aromatic heterocycles. The molecule has 1 aliphatic rings. The van der Waals surface area contributed by atoms with Crippen LogP contribution in [0.1, 0.15) is 29.2 Å². The third kappa shape index (κ3) is 6.05. The first-order chi connectivity index (χ1) is 29.0. The quantitative estimate of drug-likeness (QED) is 0.162. The zero-order chi connectivity index (χ0) is 40.0. The topological polar surface area (TPSA) is 86.2 Å². The number of aromatic nitrogens is 3. The van der Waals surface area contributed by atoms with E-state index in [4.69, 9.17) is 15.0 Å². The minimum atomic E-state index is 0.495. The Bertz CT molecular complexity index is 3140. The Kier molecular flexibility index (Phi) is 8.71. The van der Waals surface area contributed by atoms with Crippen molar-refractivity contribution in [2.24, 2.45) is 0 Å². The fraction of sp³-hybridized carbons (Fsp3) is 0.0556. The van der Waals surface area contributed by atoms with Gasteiger partial charge in [-0.3, -0.25) is 0 Å². The van der Waals surface area contributed by atoms with Crippen LogP contribution in [-0.4, -0.2) is 15.0 Å². The molecule has 10 rings (SSSR count). The van der Waals surface area contributed by atoms with Crippen molar-refractivity contribution in [1.82, 2.24) is 15.0 Å². The normalized spacial score (nSPS) is 11.3. The van der Waals surface area contributed by atoms with Crippen LogP contribution in [0, 0.1) is 29.6 Å². The molecule has 0 fully saturated rings. The average molecular weight is 754 g/mol. The first-order valence-corrected chi connectivity index (χ1v) is 19.8. The Hall–Kier alpha value is -7.99. The molecule has 8 aromatic carbocycles. The van der Waals surface area contributed by atoms with Crippen LogP contribution in [0.15, 0.2) is 164 Å². The molecule has 276 valence electrons. The molecule has 0 saturated heterocycles. The van der Waals surface area contributed by atoms with E-state index < -0.39 is 0 Å². The molecule has 9 aromatic rings. The van der Waals surface area contributed by atoms with Crippen LogP contribution in [0.4, 0.5) is 0 Å². The molecule has 0 atom stereocenters. The molecule has 59 heavy (non-hydrogen) atoms. The molecule has 5 nitrogen and oxygen atoms in total. The molecular weight excluding hydrogens is 719 g/mol. The van der Waals surface area contributed by atoms with Gasteiger partial charge in [0.05, 0.1) is 23.3 Å². The Morgan fingerprint density at radius 3 is 1.53 bits per heavy atom. The van der Waals surface area contributed by atoms with Gasteiger partial charge in [-0.2, -0.15) is 10.5 Å². The third-order valence-corrected chi connectivity index (χ3v) is 11.5. The average Bonchev–Trinajstić information content (AvgIpc) is 3.64. The summed E-state index contributed by atoms with van der Waals surface area (Å²) >= 11 is 0. The fourth-order valence-electron chi connectivity index (χ4n) is 8.68. The number of rotatable bonds is 7. The smallest absolute Gasteiger partial charge is 0.164 e. The van der Waals surface area contributed by atoms with Crippen molar-refractivity contribution in [3.8, 4) is 102 Å². The maximum Gasteiger partial charge on any atom is 0.164 e. The molecule has 0 amide bonds. The lowest BCUT2D eigenvalue weighted by atomic mass is 9.83. The molecule has 0 unspecified atom stereocenters. The summed E-state index contributed by atoms with van der Waals surface area (Å²) in [7, 11) is 0. The van der Waals surface area contributed by atoms with E-state index in [0.29, 0.717) is 28.6 Å². The molecule has 1 heterocycles. The maximum absolute atomic E-state index is 9.43. The summed E-state index contributed by atoms with van der Waals surface area (Å²) in [5.74, 6) is 1.51. The minimum Gasteiger partial charge on any atom is -0.208 e. The van der Waals surface area contributed by atoms with Crippen molar-refractivity contribution in [1.29, 1.82) is 10.5 Å². The van der Waals surface area contributed by atoms with E-state index in [1.165, 1.54) is 66.4 Å². The number of benzene rings is 8. The van der Waals surface area contributed by atoms with Crippen LogP contribution in [0.3, 0.4) is 0 Å². The minimum absolute atomic E-state index is 0.495. The Balaban J connectivity index is 1.13. The van der Waals surface area contributed by atoms with E-state index in [1.54, 1.807) is 24.3 Å². The van der Waals surface area contributed by atoms with Crippen LogP contribution in [0.2, 0.25) is 0 Å². The van der Waals surface area contributed by atoms with E-state index in [0.717, 1.165) is 34.2 Å². The lowest BCUT2D eigenvalue weighted by Crippen LogP contribution is -2.00. The van der Waals surface area contributed by atoms with Crippen LogP contribution in [0.25, 0.3) is 101 Å².